The van der Waals surface area contributed by atoms with Crippen LogP contribution in [0, 0.1) is 0 Å². The van der Waals surface area contributed by atoms with Gasteiger partial charge in [0.25, 0.3) is 0 Å². The van der Waals surface area contributed by atoms with Crippen molar-refractivity contribution in [2.45, 2.75) is 13.5 Å². The average molecular weight is 414 g/mol. The molecule has 1 aliphatic rings. The number of nitrogens with two attached hydrogens (primary N) is 1. The number of anilines is 2. The molecule has 8 heteroatoms. The van der Waals surface area contributed by atoms with Crippen molar-refractivity contribution >= 4 is 23.0 Å². The number of fused-ring (bicyclic) bond motifs is 2. The molecule has 2 aromatic carbocycles. The number of imidazole rings is 1. The number of hydrogen-bond donors (Lipinski definition) is 2. The minimum absolute atomic E-state index is 0.568. The second-order valence-corrected chi connectivity index (χ2v) is 7.13. The lowest BCUT2D eigenvalue weighted by molar-refractivity contribution is 0.311. The highest BCUT2D eigenvalue weighted by Gasteiger charge is 2.16. The van der Waals surface area contributed by atoms with Crippen molar-refractivity contribution in [2.75, 3.05) is 19.0 Å². The predicted octanol–water partition coefficient (Wildman–Crippen LogP) is 3.77. The second-order valence-electron chi connectivity index (χ2n) is 7.13. The van der Waals surface area contributed by atoms with Crippen LogP contribution in [0.2, 0.25) is 0 Å². The molecule has 0 amide bonds. The highest BCUT2D eigenvalue weighted by atomic mass is 16.5. The summed E-state index contributed by atoms with van der Waals surface area (Å²) in [6.45, 7) is 3.10. The molecule has 0 saturated heterocycles. The van der Waals surface area contributed by atoms with Crippen molar-refractivity contribution in [1.82, 2.24) is 14.4 Å². The van der Waals surface area contributed by atoms with Gasteiger partial charge in [0, 0.05) is 41.5 Å². The molecule has 0 unspecified atom stereocenters. The Kier molecular flexibility index (Phi) is 4.66. The van der Waals surface area contributed by atoms with Crippen LogP contribution in [0.3, 0.4) is 0 Å². The molecule has 2 aromatic heterocycles. The Hall–Kier alpha value is -4.07. The fourth-order valence-electron chi connectivity index (χ4n) is 3.70. The Balaban J connectivity index is 1.54. The van der Waals surface area contributed by atoms with Gasteiger partial charge in [-0.1, -0.05) is 12.1 Å². The van der Waals surface area contributed by atoms with Crippen LogP contribution in [0.5, 0.6) is 11.5 Å². The lowest BCUT2D eigenvalue weighted by Crippen LogP contribution is -2.10. The van der Waals surface area contributed by atoms with Gasteiger partial charge in [0.1, 0.15) is 5.84 Å². The van der Waals surface area contributed by atoms with Gasteiger partial charge < -0.3 is 24.9 Å². The SMILES string of the molecule is CCOc1ccc(Nc2nc(-c3ccc4c(c3)CN=C4N)cn3ccnc23)cc1OC. The van der Waals surface area contributed by atoms with Crippen molar-refractivity contribution in [3.63, 3.8) is 0 Å². The van der Waals surface area contributed by atoms with Crippen LogP contribution in [-0.4, -0.2) is 33.9 Å². The number of nitrogens with one attached hydrogen (secondary N) is 1. The molecule has 0 radical (unpaired) electrons. The Morgan fingerprint density at radius 2 is 2.06 bits per heavy atom. The van der Waals surface area contributed by atoms with Crippen molar-refractivity contribution < 1.29 is 9.47 Å². The molecule has 8 nitrogen and oxygen atoms in total. The number of ether oxygens (including phenoxy) is 2. The Labute approximate surface area is 179 Å². The Morgan fingerprint density at radius 1 is 1.16 bits per heavy atom. The zero-order chi connectivity index (χ0) is 21.4. The monoisotopic (exact) mass is 414 g/mol. The van der Waals surface area contributed by atoms with Gasteiger partial charge in [-0.15, -0.1) is 0 Å². The van der Waals surface area contributed by atoms with Gasteiger partial charge in [-0.2, -0.15) is 0 Å². The van der Waals surface area contributed by atoms with E-state index in [9.17, 15) is 0 Å². The third kappa shape index (κ3) is 3.42. The first-order chi connectivity index (χ1) is 15.2. The molecular formula is C23H22N6O2. The summed E-state index contributed by atoms with van der Waals surface area (Å²) in [5.41, 5.74) is 11.4. The fourth-order valence-corrected chi connectivity index (χ4v) is 3.70. The Bertz CT molecular complexity index is 1310. The smallest absolute Gasteiger partial charge is 0.180 e. The van der Waals surface area contributed by atoms with E-state index in [1.165, 1.54) is 0 Å². The topological polar surface area (TPSA) is 99.1 Å². The summed E-state index contributed by atoms with van der Waals surface area (Å²) in [5, 5.41) is 3.37. The molecule has 5 rings (SSSR count). The lowest BCUT2D eigenvalue weighted by atomic mass is 10.0. The third-order valence-corrected chi connectivity index (χ3v) is 5.20. The number of amidine groups is 1. The highest BCUT2D eigenvalue weighted by molar-refractivity contribution is 6.01. The van der Waals surface area contributed by atoms with Crippen LogP contribution in [-0.2, 0) is 6.54 Å². The zero-order valence-electron chi connectivity index (χ0n) is 17.3. The molecule has 156 valence electrons. The number of aromatic nitrogens is 3. The molecule has 0 atom stereocenters. The second kappa shape index (κ2) is 7.64. The van der Waals surface area contributed by atoms with Crippen molar-refractivity contribution in [3.8, 4) is 22.8 Å². The lowest BCUT2D eigenvalue weighted by Gasteiger charge is -2.13. The number of methoxy groups -OCH3 is 1. The molecule has 0 saturated carbocycles. The molecule has 0 bridgehead atoms. The van der Waals surface area contributed by atoms with Crippen LogP contribution < -0.4 is 20.5 Å². The Morgan fingerprint density at radius 3 is 2.90 bits per heavy atom. The molecule has 0 spiro atoms. The summed E-state index contributed by atoms with van der Waals surface area (Å²) in [6, 6.07) is 11.8. The largest absolute Gasteiger partial charge is 0.493 e. The first kappa shape index (κ1) is 18.9. The van der Waals surface area contributed by atoms with E-state index in [0.29, 0.717) is 36.3 Å². The van der Waals surface area contributed by atoms with Crippen molar-refractivity contribution in [2.24, 2.45) is 10.7 Å². The van der Waals surface area contributed by atoms with Crippen LogP contribution in [0.4, 0.5) is 11.5 Å². The van der Waals surface area contributed by atoms with E-state index in [0.717, 1.165) is 33.7 Å². The van der Waals surface area contributed by atoms with E-state index < -0.39 is 0 Å². The van der Waals surface area contributed by atoms with Gasteiger partial charge in [-0.3, -0.25) is 4.99 Å². The molecule has 3 N–H and O–H groups in total. The van der Waals surface area contributed by atoms with E-state index >= 15 is 0 Å². The van der Waals surface area contributed by atoms with Crippen LogP contribution in [0.15, 0.2) is 60.0 Å². The number of nitrogens with zero attached hydrogens (tertiary/aromatic N) is 4. The highest BCUT2D eigenvalue weighted by Crippen LogP contribution is 2.33. The standard InChI is InChI=1S/C23H22N6O2/c1-3-31-19-7-5-16(11-20(19)30-2)27-22-23-25-8-9-29(23)13-18(28-22)14-4-6-17-15(10-14)12-26-21(17)24/h4-11,13H,3,12H2,1-2H3,(H2,24,26)(H,27,28). The summed E-state index contributed by atoms with van der Waals surface area (Å²) in [6.07, 6.45) is 5.62. The van der Waals surface area contributed by atoms with E-state index in [2.05, 4.69) is 21.4 Å². The fraction of sp³-hybridized carbons (Fsp3) is 0.174. The van der Waals surface area contributed by atoms with Crippen LogP contribution in [0.1, 0.15) is 18.1 Å². The predicted molar refractivity (Wildman–Crippen MR) is 120 cm³/mol. The maximum atomic E-state index is 5.95. The quantitative estimate of drug-likeness (QED) is 0.498. The number of aliphatic imine (C=N–C) groups is 1. The minimum atomic E-state index is 0.568. The van der Waals surface area contributed by atoms with Gasteiger partial charge in [0.15, 0.2) is 23.0 Å². The molecule has 3 heterocycles. The normalized spacial score (nSPS) is 12.5. The summed E-state index contributed by atoms with van der Waals surface area (Å²) in [5.74, 6) is 2.58. The van der Waals surface area contributed by atoms with Gasteiger partial charge in [-0.05, 0) is 30.7 Å². The van der Waals surface area contributed by atoms with Crippen molar-refractivity contribution in [3.05, 3.63) is 66.1 Å². The number of rotatable bonds is 6. The average Bonchev–Trinajstić information content (AvgIpc) is 3.41. The minimum Gasteiger partial charge on any atom is -0.493 e. The number of benzene rings is 2. The van der Waals surface area contributed by atoms with E-state index in [1.54, 1.807) is 13.3 Å². The maximum absolute atomic E-state index is 5.95. The molecule has 31 heavy (non-hydrogen) atoms. The van der Waals surface area contributed by atoms with Crippen molar-refractivity contribution in [1.29, 1.82) is 0 Å². The van der Waals surface area contributed by atoms with Gasteiger partial charge in [0.2, 0.25) is 0 Å². The summed E-state index contributed by atoms with van der Waals surface area (Å²) in [4.78, 5) is 13.6. The van der Waals surface area contributed by atoms with E-state index in [1.807, 2.05) is 54.0 Å². The molecular weight excluding hydrogens is 392 g/mol. The van der Waals surface area contributed by atoms with Crippen LogP contribution in [0.25, 0.3) is 16.9 Å². The maximum Gasteiger partial charge on any atom is 0.180 e. The third-order valence-electron chi connectivity index (χ3n) is 5.20. The summed E-state index contributed by atoms with van der Waals surface area (Å²) >= 11 is 0. The summed E-state index contributed by atoms with van der Waals surface area (Å²) in [7, 11) is 1.62. The van der Waals surface area contributed by atoms with Crippen LogP contribution >= 0.6 is 0 Å². The van der Waals surface area contributed by atoms with E-state index in [4.69, 9.17) is 20.2 Å². The van der Waals surface area contributed by atoms with E-state index in [-0.39, 0.29) is 0 Å². The molecule has 0 aliphatic carbocycles. The summed E-state index contributed by atoms with van der Waals surface area (Å²) < 4.78 is 13.0. The first-order valence-corrected chi connectivity index (χ1v) is 10.0. The van der Waals surface area contributed by atoms with Gasteiger partial charge in [-0.25, -0.2) is 9.97 Å². The molecule has 0 fully saturated rings. The molecule has 1 aliphatic heterocycles. The van der Waals surface area contributed by atoms with Gasteiger partial charge in [0.05, 0.1) is 26.0 Å². The number of hydrogen-bond acceptors (Lipinski definition) is 7. The van der Waals surface area contributed by atoms with Gasteiger partial charge >= 0.3 is 0 Å². The first-order valence-electron chi connectivity index (χ1n) is 10.0. The molecule has 4 aromatic rings. The zero-order valence-corrected chi connectivity index (χ0v) is 17.3.